The number of hydrogen-bond acceptors (Lipinski definition) is 4. The Morgan fingerprint density at radius 2 is 1.75 bits per heavy atom. The molecule has 0 bridgehead atoms. The van der Waals surface area contributed by atoms with Crippen LogP contribution in [0.1, 0.15) is 0 Å². The molecule has 0 aliphatic heterocycles. The van der Waals surface area contributed by atoms with E-state index in [0.717, 1.165) is 16.5 Å². The topological polar surface area (TPSA) is 47.9 Å². The van der Waals surface area contributed by atoms with Gasteiger partial charge in [0.25, 0.3) is 0 Å². The second-order valence-electron chi connectivity index (χ2n) is 5.18. The second-order valence-corrected chi connectivity index (χ2v) is 5.59. The average Bonchev–Trinajstić information content (AvgIpc) is 2.62. The number of fused-ring (bicyclic) bond motifs is 1. The van der Waals surface area contributed by atoms with E-state index in [0.29, 0.717) is 22.3 Å². The van der Waals surface area contributed by atoms with Gasteiger partial charge < -0.3 is 4.74 Å². The lowest BCUT2D eigenvalue weighted by atomic mass is 10.1. The smallest absolute Gasteiger partial charge is 0.222 e. The monoisotopic (exact) mass is 333 g/mol. The van der Waals surface area contributed by atoms with Crippen molar-refractivity contribution < 1.29 is 4.74 Å². The second kappa shape index (κ2) is 6.26. The van der Waals surface area contributed by atoms with Crippen molar-refractivity contribution in [2.75, 3.05) is 0 Å². The molecule has 4 nitrogen and oxygen atoms in total. The Balaban J connectivity index is 1.67. The highest BCUT2D eigenvalue weighted by atomic mass is 35.5. The molecule has 0 fully saturated rings. The maximum absolute atomic E-state index is 6.23. The van der Waals surface area contributed by atoms with E-state index in [1.165, 1.54) is 6.33 Å². The molecule has 0 unspecified atom stereocenters. The molecular weight excluding hydrogens is 322 g/mol. The van der Waals surface area contributed by atoms with Crippen molar-refractivity contribution in [3.63, 3.8) is 0 Å². The number of rotatable bonds is 3. The standard InChI is InChI=1S/C19H12ClN3O/c20-16-6-2-1-5-15(16)18-11-19(23-12-22-18)24-14-8-7-13-4-3-9-21-17(13)10-14/h1-12H. The van der Waals surface area contributed by atoms with E-state index >= 15 is 0 Å². The van der Waals surface area contributed by atoms with Gasteiger partial charge in [0.15, 0.2) is 0 Å². The van der Waals surface area contributed by atoms with Gasteiger partial charge in [0.05, 0.1) is 11.2 Å². The Bertz CT molecular complexity index is 1020. The molecule has 4 aromatic rings. The number of halogens is 1. The third-order valence-corrected chi connectivity index (χ3v) is 3.92. The van der Waals surface area contributed by atoms with Crippen molar-refractivity contribution in [1.82, 2.24) is 15.0 Å². The van der Waals surface area contributed by atoms with E-state index in [2.05, 4.69) is 15.0 Å². The van der Waals surface area contributed by atoms with E-state index < -0.39 is 0 Å². The molecule has 0 amide bonds. The summed E-state index contributed by atoms with van der Waals surface area (Å²) in [6.45, 7) is 0. The number of nitrogens with zero attached hydrogens (tertiary/aromatic N) is 3. The molecule has 0 radical (unpaired) electrons. The summed E-state index contributed by atoms with van der Waals surface area (Å²) < 4.78 is 5.85. The quantitative estimate of drug-likeness (QED) is 0.521. The molecule has 0 spiro atoms. The van der Waals surface area contributed by atoms with Crippen LogP contribution < -0.4 is 4.74 Å². The lowest BCUT2D eigenvalue weighted by Crippen LogP contribution is -1.92. The summed E-state index contributed by atoms with van der Waals surface area (Å²) in [6, 6.07) is 19.0. The van der Waals surface area contributed by atoms with Crippen molar-refractivity contribution in [3.05, 3.63) is 78.2 Å². The summed E-state index contributed by atoms with van der Waals surface area (Å²) in [5.74, 6) is 1.13. The summed E-state index contributed by atoms with van der Waals surface area (Å²) in [6.07, 6.45) is 3.22. The minimum Gasteiger partial charge on any atom is -0.439 e. The van der Waals surface area contributed by atoms with Crippen LogP contribution in [0, 0.1) is 0 Å². The molecule has 0 saturated carbocycles. The summed E-state index contributed by atoms with van der Waals surface area (Å²) in [5, 5.41) is 1.70. The van der Waals surface area contributed by atoms with Gasteiger partial charge in [-0.25, -0.2) is 9.97 Å². The maximum atomic E-state index is 6.23. The molecule has 24 heavy (non-hydrogen) atoms. The van der Waals surface area contributed by atoms with Crippen LogP contribution in [0.5, 0.6) is 11.6 Å². The van der Waals surface area contributed by atoms with Crippen molar-refractivity contribution in [2.24, 2.45) is 0 Å². The van der Waals surface area contributed by atoms with Crippen molar-refractivity contribution in [3.8, 4) is 22.9 Å². The summed E-state index contributed by atoms with van der Waals surface area (Å²) >= 11 is 6.23. The highest BCUT2D eigenvalue weighted by molar-refractivity contribution is 6.33. The minimum absolute atomic E-state index is 0.454. The molecular formula is C19H12ClN3O. The predicted molar refractivity (Wildman–Crippen MR) is 94.3 cm³/mol. The van der Waals surface area contributed by atoms with Crippen LogP contribution in [0.25, 0.3) is 22.2 Å². The Morgan fingerprint density at radius 3 is 2.67 bits per heavy atom. The van der Waals surface area contributed by atoms with Gasteiger partial charge in [0, 0.05) is 34.3 Å². The van der Waals surface area contributed by atoms with Gasteiger partial charge >= 0.3 is 0 Å². The number of benzene rings is 2. The van der Waals surface area contributed by atoms with Crippen molar-refractivity contribution >= 4 is 22.5 Å². The first kappa shape index (κ1) is 14.6. The number of pyridine rings is 1. The summed E-state index contributed by atoms with van der Waals surface area (Å²) in [5.41, 5.74) is 2.42. The average molecular weight is 334 g/mol. The predicted octanol–water partition coefficient (Wildman–Crippen LogP) is 5.14. The SMILES string of the molecule is Clc1ccccc1-c1cc(Oc2ccc3cccnc3c2)ncn1. The highest BCUT2D eigenvalue weighted by Crippen LogP contribution is 2.29. The normalized spacial score (nSPS) is 10.7. The number of hydrogen-bond donors (Lipinski definition) is 0. The lowest BCUT2D eigenvalue weighted by molar-refractivity contribution is 0.462. The molecule has 2 heterocycles. The Morgan fingerprint density at radius 1 is 0.833 bits per heavy atom. The van der Waals surface area contributed by atoms with Gasteiger partial charge in [-0.2, -0.15) is 0 Å². The van der Waals surface area contributed by atoms with Crippen molar-refractivity contribution in [2.45, 2.75) is 0 Å². The molecule has 5 heteroatoms. The Kier molecular flexibility index (Phi) is 3.81. The number of ether oxygens (including phenoxy) is 1. The van der Waals surface area contributed by atoms with E-state index in [1.807, 2.05) is 54.6 Å². The van der Waals surface area contributed by atoms with E-state index in [1.54, 1.807) is 12.3 Å². The van der Waals surface area contributed by atoms with Gasteiger partial charge in [0.2, 0.25) is 5.88 Å². The largest absolute Gasteiger partial charge is 0.439 e. The van der Waals surface area contributed by atoms with Crippen LogP contribution in [0.15, 0.2) is 73.2 Å². The van der Waals surface area contributed by atoms with E-state index in [4.69, 9.17) is 16.3 Å². The van der Waals surface area contributed by atoms with E-state index in [9.17, 15) is 0 Å². The van der Waals surface area contributed by atoms with Gasteiger partial charge in [0.1, 0.15) is 12.1 Å². The fraction of sp³-hybridized carbons (Fsp3) is 0. The Labute approximate surface area is 143 Å². The zero-order valence-electron chi connectivity index (χ0n) is 12.6. The third-order valence-electron chi connectivity index (χ3n) is 3.59. The molecule has 0 atom stereocenters. The van der Waals surface area contributed by atoms with Gasteiger partial charge in [-0.05, 0) is 24.3 Å². The van der Waals surface area contributed by atoms with Crippen LogP contribution in [0.3, 0.4) is 0 Å². The zero-order valence-corrected chi connectivity index (χ0v) is 13.3. The fourth-order valence-electron chi connectivity index (χ4n) is 2.44. The van der Waals surface area contributed by atoms with Crippen LogP contribution >= 0.6 is 11.6 Å². The molecule has 116 valence electrons. The van der Waals surface area contributed by atoms with Crippen LogP contribution in [-0.4, -0.2) is 15.0 Å². The number of aromatic nitrogens is 3. The lowest BCUT2D eigenvalue weighted by Gasteiger charge is -2.08. The summed E-state index contributed by atoms with van der Waals surface area (Å²) in [7, 11) is 0. The fourth-order valence-corrected chi connectivity index (χ4v) is 2.67. The van der Waals surface area contributed by atoms with E-state index in [-0.39, 0.29) is 0 Å². The molecule has 0 aliphatic rings. The van der Waals surface area contributed by atoms with Gasteiger partial charge in [-0.1, -0.05) is 35.9 Å². The van der Waals surface area contributed by atoms with Crippen LogP contribution in [0.2, 0.25) is 5.02 Å². The van der Waals surface area contributed by atoms with Crippen LogP contribution in [-0.2, 0) is 0 Å². The van der Waals surface area contributed by atoms with Gasteiger partial charge in [-0.3, -0.25) is 4.98 Å². The minimum atomic E-state index is 0.454. The molecule has 0 N–H and O–H groups in total. The molecule has 4 rings (SSSR count). The summed E-state index contributed by atoms with van der Waals surface area (Å²) in [4.78, 5) is 12.8. The molecule has 2 aromatic carbocycles. The zero-order chi connectivity index (χ0) is 16.4. The Hall–Kier alpha value is -2.98. The van der Waals surface area contributed by atoms with Crippen LogP contribution in [0.4, 0.5) is 0 Å². The third kappa shape index (κ3) is 2.92. The maximum Gasteiger partial charge on any atom is 0.222 e. The molecule has 0 saturated heterocycles. The van der Waals surface area contributed by atoms with Crippen molar-refractivity contribution in [1.29, 1.82) is 0 Å². The molecule has 0 aliphatic carbocycles. The first-order valence-corrected chi connectivity index (χ1v) is 7.77. The molecule has 2 aromatic heterocycles. The van der Waals surface area contributed by atoms with Gasteiger partial charge in [-0.15, -0.1) is 0 Å². The first-order valence-electron chi connectivity index (χ1n) is 7.39. The highest BCUT2D eigenvalue weighted by Gasteiger charge is 2.07. The first-order chi connectivity index (χ1) is 11.8.